The Morgan fingerprint density at radius 2 is 1.33 bits per heavy atom. The number of hydrogen-bond donors (Lipinski definition) is 1. The fourth-order valence-corrected chi connectivity index (χ4v) is 3.84. The van der Waals surface area contributed by atoms with Crippen LogP contribution in [0.15, 0.2) is 36.5 Å². The van der Waals surface area contributed by atoms with Crippen LogP contribution in [0.3, 0.4) is 0 Å². The maximum Gasteiger partial charge on any atom is 0.129 e. The summed E-state index contributed by atoms with van der Waals surface area (Å²) in [5.74, 6) is 0.330. The Kier molecular flexibility index (Phi) is 12.5. The molecule has 2 rings (SSSR count). The molecule has 1 aromatic carbocycles. The predicted molar refractivity (Wildman–Crippen MR) is 126 cm³/mol. The van der Waals surface area contributed by atoms with Gasteiger partial charge in [-0.3, -0.25) is 0 Å². The molecule has 0 amide bonds. The minimum atomic E-state index is 0.330. The van der Waals surface area contributed by atoms with Crippen molar-refractivity contribution in [3.63, 3.8) is 0 Å². The smallest absolute Gasteiger partial charge is 0.129 e. The van der Waals surface area contributed by atoms with Crippen LogP contribution in [0.5, 0.6) is 0 Å². The number of nitrogens with zero attached hydrogens (tertiary/aromatic N) is 2. The van der Waals surface area contributed by atoms with Gasteiger partial charge < -0.3 is 4.79 Å². The molecule has 4 nitrogen and oxygen atoms in total. The highest BCUT2D eigenvalue weighted by Gasteiger charge is 2.05. The fraction of sp³-hybridized carbons (Fsp3) is 0.577. The fourth-order valence-electron chi connectivity index (χ4n) is 3.84. The molecule has 0 atom stereocenters. The molecule has 0 aliphatic carbocycles. The summed E-state index contributed by atoms with van der Waals surface area (Å²) in [6.45, 7) is 1.69. The number of Topliss-reactive ketones (excluding diaryl/α,β-unsaturated/α-hetero) is 1. The lowest BCUT2D eigenvalue weighted by atomic mass is 10.0. The van der Waals surface area contributed by atoms with Crippen molar-refractivity contribution in [2.24, 2.45) is 0 Å². The summed E-state index contributed by atoms with van der Waals surface area (Å²) in [7, 11) is 0. The lowest BCUT2D eigenvalue weighted by Crippen LogP contribution is -1.89. The first kappa shape index (κ1) is 24.0. The van der Waals surface area contributed by atoms with Crippen LogP contribution in [0, 0.1) is 0 Å². The number of rotatable bonds is 17. The van der Waals surface area contributed by atoms with Crippen LogP contribution in [-0.2, 0) is 4.79 Å². The summed E-state index contributed by atoms with van der Waals surface area (Å²) in [5.41, 5.74) is 3.44. The number of benzene rings is 1. The van der Waals surface area contributed by atoms with Gasteiger partial charge in [0.2, 0.25) is 0 Å². The second-order valence-electron chi connectivity index (χ2n) is 8.38. The van der Waals surface area contributed by atoms with Gasteiger partial charge >= 0.3 is 0 Å². The Labute approximate surface area is 182 Å². The van der Waals surface area contributed by atoms with Crippen molar-refractivity contribution in [1.82, 2.24) is 15.4 Å². The zero-order valence-corrected chi connectivity index (χ0v) is 18.7. The Balaban J connectivity index is 1.50. The van der Waals surface area contributed by atoms with Crippen molar-refractivity contribution in [2.45, 2.75) is 96.8 Å². The average Bonchev–Trinajstić information content (AvgIpc) is 3.28. The van der Waals surface area contributed by atoms with Crippen LogP contribution in [0.25, 0.3) is 11.6 Å². The molecule has 0 saturated carbocycles. The number of H-pyrrole nitrogens is 1. The Morgan fingerprint density at radius 3 is 1.83 bits per heavy atom. The van der Waals surface area contributed by atoms with Gasteiger partial charge in [-0.1, -0.05) is 94.5 Å². The molecular formula is C26H39N3O. The minimum Gasteiger partial charge on any atom is -0.300 e. The average molecular weight is 410 g/mol. The molecule has 30 heavy (non-hydrogen) atoms. The first-order valence-electron chi connectivity index (χ1n) is 11.9. The van der Waals surface area contributed by atoms with Crippen LogP contribution in [0.2, 0.25) is 0 Å². The Hall–Kier alpha value is -2.23. The molecule has 1 aromatic heterocycles. The predicted octanol–water partition coefficient (Wildman–Crippen LogP) is 7.40. The Bertz CT molecular complexity index is 707. The third-order valence-corrected chi connectivity index (χ3v) is 5.61. The molecule has 164 valence electrons. The molecule has 1 N–H and O–H groups in total. The van der Waals surface area contributed by atoms with Gasteiger partial charge in [0.25, 0.3) is 0 Å². The van der Waals surface area contributed by atoms with Gasteiger partial charge in [0.1, 0.15) is 11.5 Å². The molecule has 4 heteroatoms. The maximum atomic E-state index is 10.9. The van der Waals surface area contributed by atoms with Crippen molar-refractivity contribution in [1.29, 1.82) is 0 Å². The van der Waals surface area contributed by atoms with E-state index in [2.05, 4.69) is 45.8 Å². The van der Waals surface area contributed by atoms with E-state index in [-0.39, 0.29) is 0 Å². The molecule has 0 saturated heterocycles. The maximum absolute atomic E-state index is 10.9. The van der Waals surface area contributed by atoms with E-state index < -0.39 is 0 Å². The van der Waals surface area contributed by atoms with E-state index in [1.54, 1.807) is 6.92 Å². The molecule has 0 spiro atoms. The largest absolute Gasteiger partial charge is 0.300 e. The van der Waals surface area contributed by atoms with E-state index in [4.69, 9.17) is 0 Å². The number of nitrogens with one attached hydrogen (secondary N) is 1. The van der Waals surface area contributed by atoms with Crippen molar-refractivity contribution in [2.75, 3.05) is 0 Å². The molecule has 0 aliphatic heterocycles. The monoisotopic (exact) mass is 409 g/mol. The van der Waals surface area contributed by atoms with E-state index in [0.29, 0.717) is 5.78 Å². The normalized spacial score (nSPS) is 11.7. The van der Waals surface area contributed by atoms with Gasteiger partial charge in [0.15, 0.2) is 0 Å². The van der Waals surface area contributed by atoms with E-state index in [1.807, 2.05) is 12.3 Å². The number of carbonyl (C=O) groups excluding carboxylic acids is 1. The molecular weight excluding hydrogens is 370 g/mol. The first-order valence-corrected chi connectivity index (χ1v) is 11.9. The van der Waals surface area contributed by atoms with E-state index in [9.17, 15) is 4.79 Å². The second-order valence-corrected chi connectivity index (χ2v) is 8.38. The van der Waals surface area contributed by atoms with Crippen molar-refractivity contribution in [3.05, 3.63) is 47.8 Å². The lowest BCUT2D eigenvalue weighted by molar-refractivity contribution is -0.117. The molecule has 0 unspecified atom stereocenters. The highest BCUT2D eigenvalue weighted by molar-refractivity contribution is 5.79. The Morgan fingerprint density at radius 1 is 0.800 bits per heavy atom. The number of aromatic amines is 1. The summed E-state index contributed by atoms with van der Waals surface area (Å²) < 4.78 is 0. The van der Waals surface area contributed by atoms with Crippen LogP contribution >= 0.6 is 0 Å². The molecule has 0 fully saturated rings. The zero-order valence-electron chi connectivity index (χ0n) is 18.7. The van der Waals surface area contributed by atoms with Gasteiger partial charge in [-0.2, -0.15) is 15.4 Å². The lowest BCUT2D eigenvalue weighted by Gasteiger charge is -2.06. The van der Waals surface area contributed by atoms with Crippen molar-refractivity contribution >= 4 is 17.4 Å². The number of aromatic nitrogens is 3. The third kappa shape index (κ3) is 11.1. The van der Waals surface area contributed by atoms with Gasteiger partial charge in [0.05, 0.1) is 6.20 Å². The zero-order chi connectivity index (χ0) is 21.3. The second kappa shape index (κ2) is 15.6. The topological polar surface area (TPSA) is 58.6 Å². The van der Waals surface area contributed by atoms with E-state index >= 15 is 0 Å². The highest BCUT2D eigenvalue weighted by Crippen LogP contribution is 2.22. The van der Waals surface area contributed by atoms with Gasteiger partial charge in [-0.25, -0.2) is 0 Å². The number of ketones is 1. The standard InChI is InChI=1S/C26H39N3O/c1-23(30)17-13-10-8-6-4-2-3-5-7-9-11-16-20-25(26-22-27-29-28-26)21-24-18-14-12-15-19-24/h12,14-15,18-19,21-22H,2-11,13,16-17,20H2,1H3,(H,27,28,29). The molecule has 0 bridgehead atoms. The SMILES string of the molecule is CC(=O)CCCCCCCCCCCCCCC(=Cc1ccccc1)c1cn[nH]n1. The van der Waals surface area contributed by atoms with Crippen LogP contribution < -0.4 is 0 Å². The molecule has 1 heterocycles. The van der Waals surface area contributed by atoms with Crippen LogP contribution in [0.1, 0.15) is 108 Å². The third-order valence-electron chi connectivity index (χ3n) is 5.61. The summed E-state index contributed by atoms with van der Waals surface area (Å²) in [4.78, 5) is 10.9. The quantitative estimate of drug-likeness (QED) is 0.277. The van der Waals surface area contributed by atoms with Crippen molar-refractivity contribution in [3.8, 4) is 0 Å². The van der Waals surface area contributed by atoms with Crippen molar-refractivity contribution < 1.29 is 4.79 Å². The number of hydrogen-bond acceptors (Lipinski definition) is 3. The molecule has 2 aromatic rings. The van der Waals surface area contributed by atoms with Gasteiger partial charge in [-0.05, 0) is 43.4 Å². The van der Waals surface area contributed by atoms with Crippen LogP contribution in [0.4, 0.5) is 0 Å². The van der Waals surface area contributed by atoms with Gasteiger partial charge in [0, 0.05) is 6.42 Å². The highest BCUT2D eigenvalue weighted by atomic mass is 16.1. The minimum absolute atomic E-state index is 0.330. The van der Waals surface area contributed by atoms with Gasteiger partial charge in [-0.15, -0.1) is 0 Å². The number of carbonyl (C=O) groups is 1. The summed E-state index contributed by atoms with van der Waals surface area (Å²) in [6.07, 6.45) is 21.4. The summed E-state index contributed by atoms with van der Waals surface area (Å²) in [5, 5.41) is 11.0. The number of unbranched alkanes of at least 4 members (excludes halogenated alkanes) is 11. The van der Waals surface area contributed by atoms with Crippen LogP contribution in [-0.4, -0.2) is 21.2 Å². The van der Waals surface area contributed by atoms with E-state index in [0.717, 1.165) is 25.0 Å². The molecule has 0 radical (unpaired) electrons. The number of allylic oxidation sites excluding steroid dienone is 1. The van der Waals surface area contributed by atoms with E-state index in [1.165, 1.54) is 81.8 Å². The summed E-state index contributed by atoms with van der Waals surface area (Å²) >= 11 is 0. The first-order chi connectivity index (χ1) is 14.8. The molecule has 0 aliphatic rings. The summed E-state index contributed by atoms with van der Waals surface area (Å²) in [6, 6.07) is 10.4.